The molecule has 4 N–H and O–H groups in total. The number of aromatic nitrogens is 3. The molecule has 0 aliphatic carbocycles. The van der Waals surface area contributed by atoms with Crippen LogP contribution >= 0.6 is 0 Å². The minimum atomic E-state index is -0.579. The van der Waals surface area contributed by atoms with E-state index in [9.17, 15) is 4.79 Å². The highest BCUT2D eigenvalue weighted by Gasteiger charge is 2.10. The molecular weight excluding hydrogens is 158 g/mol. The molecule has 12 heavy (non-hydrogen) atoms. The number of rotatable bonds is 2. The van der Waals surface area contributed by atoms with Gasteiger partial charge in [0.25, 0.3) is 0 Å². The van der Waals surface area contributed by atoms with Gasteiger partial charge in [-0.25, -0.2) is 9.78 Å². The third-order valence-corrected chi connectivity index (χ3v) is 1.36. The monoisotopic (exact) mass is 169 g/mol. The van der Waals surface area contributed by atoms with Crippen LogP contribution in [0.4, 0.5) is 4.79 Å². The van der Waals surface area contributed by atoms with Gasteiger partial charge in [-0.15, -0.1) is 0 Å². The number of carbonyl (C=O) groups is 1. The summed E-state index contributed by atoms with van der Waals surface area (Å²) < 4.78 is 0. The molecule has 1 aromatic heterocycles. The van der Waals surface area contributed by atoms with Crippen molar-refractivity contribution >= 4 is 6.03 Å². The molecule has 1 heterocycles. The Morgan fingerprint density at radius 1 is 1.75 bits per heavy atom. The number of amides is 2. The maximum atomic E-state index is 10.4. The van der Waals surface area contributed by atoms with Crippen LogP contribution < -0.4 is 11.1 Å². The van der Waals surface area contributed by atoms with E-state index in [1.54, 1.807) is 13.8 Å². The second kappa shape index (κ2) is 3.21. The smallest absolute Gasteiger partial charge is 0.312 e. The van der Waals surface area contributed by atoms with Gasteiger partial charge in [-0.2, -0.15) is 5.10 Å². The Hall–Kier alpha value is -1.59. The van der Waals surface area contributed by atoms with Crippen molar-refractivity contribution in [1.82, 2.24) is 20.5 Å². The van der Waals surface area contributed by atoms with Gasteiger partial charge in [0.15, 0.2) is 5.82 Å². The van der Waals surface area contributed by atoms with Gasteiger partial charge in [-0.1, -0.05) is 0 Å². The number of aryl methyl sites for hydroxylation is 1. The largest absolute Gasteiger partial charge is 0.352 e. The first-order valence-corrected chi connectivity index (χ1v) is 3.54. The zero-order chi connectivity index (χ0) is 9.14. The molecule has 0 bridgehead atoms. The summed E-state index contributed by atoms with van der Waals surface area (Å²) in [5, 5.41) is 9.00. The van der Waals surface area contributed by atoms with Crippen molar-refractivity contribution in [2.24, 2.45) is 5.73 Å². The van der Waals surface area contributed by atoms with Crippen LogP contribution in [0.5, 0.6) is 0 Å². The average Bonchev–Trinajstić information content (AvgIpc) is 2.34. The minimum absolute atomic E-state index is 0.257. The van der Waals surface area contributed by atoms with Gasteiger partial charge >= 0.3 is 6.03 Å². The molecular formula is C6H11N5O. The van der Waals surface area contributed by atoms with Gasteiger partial charge in [0.05, 0.1) is 6.04 Å². The Labute approximate surface area is 69.6 Å². The van der Waals surface area contributed by atoms with Gasteiger partial charge in [0.2, 0.25) is 0 Å². The van der Waals surface area contributed by atoms with Crippen LogP contribution in [0, 0.1) is 6.92 Å². The lowest BCUT2D eigenvalue weighted by atomic mass is 10.3. The van der Waals surface area contributed by atoms with E-state index < -0.39 is 6.03 Å². The Morgan fingerprint density at radius 2 is 2.42 bits per heavy atom. The van der Waals surface area contributed by atoms with Gasteiger partial charge in [0.1, 0.15) is 5.82 Å². The molecule has 2 amide bonds. The number of aromatic amines is 1. The van der Waals surface area contributed by atoms with Crippen molar-refractivity contribution < 1.29 is 4.79 Å². The topological polar surface area (TPSA) is 96.7 Å². The predicted octanol–water partition coefficient (Wildman–Crippen LogP) is -0.158. The molecule has 0 aromatic carbocycles. The van der Waals surface area contributed by atoms with Gasteiger partial charge < -0.3 is 11.1 Å². The molecule has 1 rings (SSSR count). The number of carbonyl (C=O) groups excluding carboxylic acids is 1. The first-order valence-electron chi connectivity index (χ1n) is 3.54. The van der Waals surface area contributed by atoms with E-state index in [0.717, 1.165) is 0 Å². The number of hydrogen-bond donors (Lipinski definition) is 3. The number of hydrogen-bond acceptors (Lipinski definition) is 3. The number of urea groups is 1. The summed E-state index contributed by atoms with van der Waals surface area (Å²) in [5.41, 5.74) is 4.92. The maximum absolute atomic E-state index is 10.4. The first kappa shape index (κ1) is 8.51. The highest BCUT2D eigenvalue weighted by atomic mass is 16.2. The van der Waals surface area contributed by atoms with Crippen LogP contribution in [-0.4, -0.2) is 21.2 Å². The van der Waals surface area contributed by atoms with Gasteiger partial charge in [0, 0.05) is 0 Å². The lowest BCUT2D eigenvalue weighted by Crippen LogP contribution is -2.32. The number of H-pyrrole nitrogens is 1. The quantitative estimate of drug-likeness (QED) is 0.574. The molecule has 6 nitrogen and oxygen atoms in total. The van der Waals surface area contributed by atoms with Crippen LogP contribution in [0.2, 0.25) is 0 Å². The number of nitrogens with zero attached hydrogens (tertiary/aromatic N) is 2. The van der Waals surface area contributed by atoms with Crippen molar-refractivity contribution in [2.75, 3.05) is 0 Å². The number of primary amides is 1. The summed E-state index contributed by atoms with van der Waals surface area (Å²) in [4.78, 5) is 14.5. The van der Waals surface area contributed by atoms with Crippen molar-refractivity contribution in [3.8, 4) is 0 Å². The third kappa shape index (κ3) is 1.94. The molecule has 6 heteroatoms. The summed E-state index contributed by atoms with van der Waals surface area (Å²) in [6.07, 6.45) is 0. The molecule has 0 spiro atoms. The second-order valence-corrected chi connectivity index (χ2v) is 2.51. The Morgan fingerprint density at radius 3 is 2.83 bits per heavy atom. The van der Waals surface area contributed by atoms with Crippen molar-refractivity contribution in [1.29, 1.82) is 0 Å². The second-order valence-electron chi connectivity index (χ2n) is 2.51. The fourth-order valence-corrected chi connectivity index (χ4v) is 0.832. The summed E-state index contributed by atoms with van der Waals surface area (Å²) in [6, 6.07) is -0.836. The van der Waals surface area contributed by atoms with Crippen LogP contribution in [0.15, 0.2) is 0 Å². The van der Waals surface area contributed by atoms with Crippen LogP contribution in [0.3, 0.4) is 0 Å². The lowest BCUT2D eigenvalue weighted by molar-refractivity contribution is 0.245. The number of nitrogens with one attached hydrogen (secondary N) is 2. The first-order chi connectivity index (χ1) is 5.59. The summed E-state index contributed by atoms with van der Waals surface area (Å²) in [6.45, 7) is 3.54. The molecule has 0 radical (unpaired) electrons. The SMILES string of the molecule is Cc1nc(C(C)NC(N)=O)n[nH]1. The van der Waals surface area contributed by atoms with Crippen LogP contribution in [-0.2, 0) is 0 Å². The molecule has 0 saturated carbocycles. The van der Waals surface area contributed by atoms with Crippen LogP contribution in [0.1, 0.15) is 24.6 Å². The van der Waals surface area contributed by atoms with E-state index >= 15 is 0 Å². The highest BCUT2D eigenvalue weighted by Crippen LogP contribution is 2.04. The van der Waals surface area contributed by atoms with Crippen molar-refractivity contribution in [3.05, 3.63) is 11.6 Å². The molecule has 0 saturated heterocycles. The average molecular weight is 169 g/mol. The summed E-state index contributed by atoms with van der Waals surface area (Å²) >= 11 is 0. The zero-order valence-electron chi connectivity index (χ0n) is 6.96. The van der Waals surface area contributed by atoms with Crippen LogP contribution in [0.25, 0.3) is 0 Å². The summed E-state index contributed by atoms with van der Waals surface area (Å²) in [5.74, 6) is 1.24. The third-order valence-electron chi connectivity index (χ3n) is 1.36. The summed E-state index contributed by atoms with van der Waals surface area (Å²) in [7, 11) is 0. The minimum Gasteiger partial charge on any atom is -0.352 e. The zero-order valence-corrected chi connectivity index (χ0v) is 6.96. The van der Waals surface area contributed by atoms with E-state index in [0.29, 0.717) is 11.6 Å². The van der Waals surface area contributed by atoms with E-state index in [-0.39, 0.29) is 6.04 Å². The van der Waals surface area contributed by atoms with E-state index in [4.69, 9.17) is 5.73 Å². The molecule has 66 valence electrons. The van der Waals surface area contributed by atoms with E-state index in [1.165, 1.54) is 0 Å². The highest BCUT2D eigenvalue weighted by molar-refractivity contribution is 5.71. The molecule has 1 aromatic rings. The Balaban J connectivity index is 2.64. The molecule has 1 atom stereocenters. The predicted molar refractivity (Wildman–Crippen MR) is 42.3 cm³/mol. The fraction of sp³-hybridized carbons (Fsp3) is 0.500. The fourth-order valence-electron chi connectivity index (χ4n) is 0.832. The standard InChI is InChI=1S/C6H11N5O/c1-3(8-6(7)12)5-9-4(2)10-11-5/h3H,1-2H3,(H3,7,8,12)(H,9,10,11). The van der Waals surface area contributed by atoms with Crippen molar-refractivity contribution in [3.63, 3.8) is 0 Å². The molecule has 1 unspecified atom stereocenters. The van der Waals surface area contributed by atoms with E-state index in [2.05, 4.69) is 20.5 Å². The van der Waals surface area contributed by atoms with Gasteiger partial charge in [-0.3, -0.25) is 5.10 Å². The van der Waals surface area contributed by atoms with Gasteiger partial charge in [-0.05, 0) is 13.8 Å². The molecule has 0 fully saturated rings. The molecule has 0 aliphatic heterocycles. The normalized spacial score (nSPS) is 12.5. The molecule has 0 aliphatic rings. The maximum Gasteiger partial charge on any atom is 0.312 e. The Bertz CT molecular complexity index is 281. The lowest BCUT2D eigenvalue weighted by Gasteiger charge is -2.06. The van der Waals surface area contributed by atoms with E-state index in [1.807, 2.05) is 0 Å². The van der Waals surface area contributed by atoms with Crippen molar-refractivity contribution in [2.45, 2.75) is 19.9 Å². The Kier molecular flexibility index (Phi) is 2.27. The number of nitrogens with two attached hydrogens (primary N) is 1.